The van der Waals surface area contributed by atoms with E-state index in [1.54, 1.807) is 41.5 Å². The van der Waals surface area contributed by atoms with Crippen LogP contribution in [-0.4, -0.2) is 120 Å². The van der Waals surface area contributed by atoms with Crippen LogP contribution in [0.3, 0.4) is 0 Å². The molecule has 0 heterocycles. The first-order valence-corrected chi connectivity index (χ1v) is 24.1. The van der Waals surface area contributed by atoms with Crippen molar-refractivity contribution in [3.8, 4) is 0 Å². The molecule has 0 bridgehead atoms. The summed E-state index contributed by atoms with van der Waals surface area (Å²) in [4.78, 5) is 96.5. The summed E-state index contributed by atoms with van der Waals surface area (Å²) in [5.41, 5.74) is 11.0. The Morgan fingerprint density at radius 2 is 0.877 bits per heavy atom. The molecule has 65 heavy (non-hydrogen) atoms. The highest BCUT2D eigenvalue weighted by molar-refractivity contribution is 5.97. The van der Waals surface area contributed by atoms with E-state index in [0.29, 0.717) is 6.54 Å². The van der Waals surface area contributed by atoms with Crippen molar-refractivity contribution in [2.45, 2.75) is 207 Å². The first-order chi connectivity index (χ1) is 30.7. The Morgan fingerprint density at radius 3 is 1.26 bits per heavy atom. The first-order valence-electron chi connectivity index (χ1n) is 24.1. The molecule has 0 radical (unpaired) electrons. The largest absolute Gasteiger partial charge is 0.394 e. The molecule has 0 spiro atoms. The van der Waals surface area contributed by atoms with Crippen molar-refractivity contribution < 1.29 is 43.8 Å². The molecule has 0 aromatic carbocycles. The zero-order valence-corrected chi connectivity index (χ0v) is 41.1. The molecule has 0 aliphatic carbocycles. The average Bonchev–Trinajstić information content (AvgIpc) is 3.23. The maximum atomic E-state index is 13.9. The number of amides is 7. The lowest BCUT2D eigenvalue weighted by atomic mass is 9.97. The van der Waals surface area contributed by atoms with Crippen LogP contribution >= 0.6 is 0 Å². The van der Waals surface area contributed by atoms with Crippen LogP contribution in [0.4, 0.5) is 0 Å². The molecule has 0 aliphatic heterocycles. The molecule has 19 nitrogen and oxygen atoms in total. The summed E-state index contributed by atoms with van der Waals surface area (Å²) in [7, 11) is 0. The molecular weight excluding hydrogens is 837 g/mol. The van der Waals surface area contributed by atoms with E-state index in [0.717, 1.165) is 25.7 Å². The second-order valence-electron chi connectivity index (χ2n) is 18.3. The number of carbonyl (C=O) groups excluding carboxylic acids is 7. The minimum Gasteiger partial charge on any atom is -0.394 e. The predicted octanol–water partition coefficient (Wildman–Crippen LogP) is 1.91. The van der Waals surface area contributed by atoms with Gasteiger partial charge in [-0.3, -0.25) is 38.6 Å². The van der Waals surface area contributed by atoms with Gasteiger partial charge in [0.05, 0.1) is 12.7 Å². The lowest BCUT2D eigenvalue weighted by Gasteiger charge is -2.30. The van der Waals surface area contributed by atoms with Crippen LogP contribution in [0.2, 0.25) is 0 Å². The lowest BCUT2D eigenvalue weighted by molar-refractivity contribution is -0.137. The van der Waals surface area contributed by atoms with Crippen LogP contribution in [-0.2, 0) is 33.6 Å². The van der Waals surface area contributed by atoms with Gasteiger partial charge in [-0.05, 0) is 43.9 Å². The number of aliphatic hydroxyl groups is 2. The van der Waals surface area contributed by atoms with Crippen molar-refractivity contribution in [1.29, 1.82) is 0 Å². The second kappa shape index (κ2) is 34.8. The van der Waals surface area contributed by atoms with Crippen molar-refractivity contribution >= 4 is 47.3 Å². The highest BCUT2D eigenvalue weighted by Crippen LogP contribution is 2.14. The van der Waals surface area contributed by atoms with Gasteiger partial charge >= 0.3 is 0 Å². The molecule has 7 atom stereocenters. The van der Waals surface area contributed by atoms with Gasteiger partial charge in [-0.2, -0.15) is 0 Å². The van der Waals surface area contributed by atoms with Crippen LogP contribution in [0.25, 0.3) is 0 Å². The van der Waals surface area contributed by atoms with E-state index >= 15 is 0 Å². The Hall–Kier alpha value is -4.52. The standard InChI is InChI=1S/C46H88N10O9/c1-10-11-12-13-14-15-16-17-18-19-20-21-22-23-26-49-42(62)39(32(8)58)56-40(60)34(25-24-27-50-46(47)48)52-43(63)36(29(2)3)54-45(65)38(31(6)7)55-44(64)37(30(4)5)53-41(61)35(28-57)51-33(9)59/h29-32,34-39,57-58H,10-28H2,1-9H3,(H,49,62)(H,51,59)(H,52,63)(H,53,61)(H,54,65)(H,55,64)(H,56,60)(H4,47,48,50)/t32-,34+,35+,36+,37+,38+,39+/m1/s1. The van der Waals surface area contributed by atoms with Crippen LogP contribution in [0.5, 0.6) is 0 Å². The molecule has 0 fully saturated rings. The number of aliphatic hydroxyl groups excluding tert-OH is 2. The number of guanidine groups is 1. The first kappa shape index (κ1) is 60.5. The molecule has 13 N–H and O–H groups in total. The highest BCUT2D eigenvalue weighted by atomic mass is 16.3. The van der Waals surface area contributed by atoms with E-state index < -0.39 is 108 Å². The Morgan fingerprint density at radius 1 is 0.492 bits per heavy atom. The highest BCUT2D eigenvalue weighted by Gasteiger charge is 2.36. The predicted molar refractivity (Wildman–Crippen MR) is 254 cm³/mol. The third kappa shape index (κ3) is 26.9. The fourth-order valence-corrected chi connectivity index (χ4v) is 7.12. The number of rotatable bonds is 36. The van der Waals surface area contributed by atoms with Gasteiger partial charge in [-0.1, -0.05) is 132 Å². The molecule has 0 aliphatic rings. The van der Waals surface area contributed by atoms with E-state index in [9.17, 15) is 43.8 Å². The Bertz CT molecular complexity index is 1460. The van der Waals surface area contributed by atoms with Crippen molar-refractivity contribution in [3.05, 3.63) is 0 Å². The number of hydrogen-bond donors (Lipinski definition) is 11. The molecule has 0 saturated heterocycles. The van der Waals surface area contributed by atoms with E-state index in [2.05, 4.69) is 49.1 Å². The van der Waals surface area contributed by atoms with Gasteiger partial charge in [0.25, 0.3) is 0 Å². The molecule has 19 heteroatoms. The Kier molecular flexibility index (Phi) is 32.4. The summed E-state index contributed by atoms with van der Waals surface area (Å²) in [6.07, 6.45) is 15.8. The van der Waals surface area contributed by atoms with E-state index in [1.807, 2.05) is 0 Å². The number of carbonyl (C=O) groups is 7. The monoisotopic (exact) mass is 925 g/mol. The summed E-state index contributed by atoms with van der Waals surface area (Å²) < 4.78 is 0. The average molecular weight is 925 g/mol. The third-order valence-corrected chi connectivity index (χ3v) is 11.1. The lowest BCUT2D eigenvalue weighted by Crippen LogP contribution is -2.62. The molecule has 0 rings (SSSR count). The fraction of sp³-hybridized carbons (Fsp3) is 0.826. The fourth-order valence-electron chi connectivity index (χ4n) is 7.12. The summed E-state index contributed by atoms with van der Waals surface area (Å²) in [6.45, 7) is 14.7. The topological polar surface area (TPSA) is 309 Å². The second-order valence-corrected chi connectivity index (χ2v) is 18.3. The summed E-state index contributed by atoms with van der Waals surface area (Å²) in [5.74, 6) is -6.42. The molecule has 0 unspecified atom stereocenters. The van der Waals surface area contributed by atoms with E-state index in [-0.39, 0.29) is 25.3 Å². The molecule has 7 amide bonds. The summed E-state index contributed by atoms with van der Waals surface area (Å²) in [5, 5.41) is 38.5. The number of nitrogens with zero attached hydrogens (tertiary/aromatic N) is 1. The van der Waals surface area contributed by atoms with Gasteiger partial charge in [-0.15, -0.1) is 0 Å². The van der Waals surface area contributed by atoms with Crippen LogP contribution in [0.1, 0.15) is 165 Å². The quantitative estimate of drug-likeness (QED) is 0.0245. The number of nitrogens with two attached hydrogens (primary N) is 2. The minimum absolute atomic E-state index is 0.0341. The maximum Gasteiger partial charge on any atom is 0.245 e. The Labute approximate surface area is 388 Å². The zero-order chi connectivity index (χ0) is 49.5. The molecule has 0 aromatic heterocycles. The molecule has 0 saturated carbocycles. The smallest absolute Gasteiger partial charge is 0.245 e. The minimum atomic E-state index is -1.32. The van der Waals surface area contributed by atoms with Gasteiger partial charge < -0.3 is 58.9 Å². The number of unbranched alkanes of at least 4 members (excludes halogenated alkanes) is 13. The van der Waals surface area contributed by atoms with Crippen molar-refractivity contribution in [2.24, 2.45) is 34.2 Å². The van der Waals surface area contributed by atoms with Gasteiger partial charge in [0, 0.05) is 20.0 Å². The van der Waals surface area contributed by atoms with E-state index in [1.165, 1.54) is 78.1 Å². The van der Waals surface area contributed by atoms with Gasteiger partial charge in [0.15, 0.2) is 5.96 Å². The molecule has 0 aromatic rings. The van der Waals surface area contributed by atoms with Gasteiger partial charge in [0.1, 0.15) is 36.3 Å². The zero-order valence-electron chi connectivity index (χ0n) is 41.1. The van der Waals surface area contributed by atoms with Gasteiger partial charge in [0.2, 0.25) is 41.4 Å². The summed E-state index contributed by atoms with van der Waals surface area (Å²) >= 11 is 0. The van der Waals surface area contributed by atoms with Crippen LogP contribution in [0.15, 0.2) is 4.99 Å². The van der Waals surface area contributed by atoms with Crippen molar-refractivity contribution in [3.63, 3.8) is 0 Å². The van der Waals surface area contributed by atoms with Gasteiger partial charge in [-0.25, -0.2) is 0 Å². The summed E-state index contributed by atoms with van der Waals surface area (Å²) in [6, 6.07) is -7.37. The maximum absolute atomic E-state index is 13.9. The van der Waals surface area contributed by atoms with Crippen LogP contribution < -0.4 is 48.7 Å². The van der Waals surface area contributed by atoms with Crippen molar-refractivity contribution in [1.82, 2.24) is 37.2 Å². The van der Waals surface area contributed by atoms with E-state index in [4.69, 9.17) is 11.5 Å². The SMILES string of the molecule is CCCCCCCCCCCCCCCCNC(=O)[C@@H](NC(=O)[C@H](CCCN=C(N)N)NC(=O)[C@@H](NC(=O)[C@@H](NC(=O)[C@@H](NC(=O)[C@H](CO)NC(C)=O)C(C)C)C(C)C)C(C)C)[C@@H](C)O. The number of nitrogens with one attached hydrogen (secondary N) is 7. The third-order valence-electron chi connectivity index (χ3n) is 11.1. The van der Waals surface area contributed by atoms with Crippen molar-refractivity contribution in [2.75, 3.05) is 19.7 Å². The molecular formula is C46H88N10O9. The Balaban J connectivity index is 5.67. The normalized spacial score (nSPS) is 14.6. The molecule has 376 valence electrons. The van der Waals surface area contributed by atoms with Crippen LogP contribution in [0, 0.1) is 17.8 Å². The number of aliphatic imine (C=N–C) groups is 1. The number of hydrogen-bond acceptors (Lipinski definition) is 10.